The number of aromatic nitrogens is 2. The fourth-order valence-electron chi connectivity index (χ4n) is 2.24. The van der Waals surface area contributed by atoms with E-state index in [1.807, 2.05) is 13.8 Å². The van der Waals surface area contributed by atoms with Gasteiger partial charge in [-0.15, -0.1) is 0 Å². The molecule has 0 bridgehead atoms. The molecule has 0 radical (unpaired) electrons. The number of nitrogens with one attached hydrogen (secondary N) is 2. The van der Waals surface area contributed by atoms with Crippen molar-refractivity contribution in [2.75, 3.05) is 17.7 Å². The van der Waals surface area contributed by atoms with E-state index in [1.165, 1.54) is 25.3 Å². The summed E-state index contributed by atoms with van der Waals surface area (Å²) in [6.07, 6.45) is 0.551. The van der Waals surface area contributed by atoms with E-state index in [2.05, 4.69) is 20.6 Å². The molecule has 1 aromatic heterocycles. The number of anilines is 3. The first kappa shape index (κ1) is 18.9. The van der Waals surface area contributed by atoms with Crippen LogP contribution in [0.15, 0.2) is 30.3 Å². The Morgan fingerprint density at radius 2 is 2.08 bits per heavy atom. The third-order valence-electron chi connectivity index (χ3n) is 3.29. The highest BCUT2D eigenvalue weighted by atomic mass is 35.5. The van der Waals surface area contributed by atoms with Crippen LogP contribution in [0.3, 0.4) is 0 Å². The Hall–Kier alpha value is -2.41. The quantitative estimate of drug-likeness (QED) is 0.569. The summed E-state index contributed by atoms with van der Waals surface area (Å²) in [4.78, 5) is 20.3. The minimum Gasteiger partial charge on any atom is -0.467 e. The Labute approximate surface area is 150 Å². The fraction of sp³-hybridized carbons (Fsp3) is 0.353. The Bertz CT molecular complexity index is 742. The summed E-state index contributed by atoms with van der Waals surface area (Å²) in [5.41, 5.74) is 0.521. The van der Waals surface area contributed by atoms with Crippen LogP contribution in [-0.2, 0) is 9.53 Å². The summed E-state index contributed by atoms with van der Waals surface area (Å²) in [6, 6.07) is 6.87. The molecule has 0 aliphatic rings. The van der Waals surface area contributed by atoms with Crippen molar-refractivity contribution in [2.45, 2.75) is 26.3 Å². The molecule has 0 aliphatic carbocycles. The Morgan fingerprint density at radius 1 is 1.32 bits per heavy atom. The second-order valence-corrected chi connectivity index (χ2v) is 6.27. The summed E-state index contributed by atoms with van der Waals surface area (Å²) in [5.74, 6) is 0.0486. The second-order valence-electron chi connectivity index (χ2n) is 5.88. The summed E-state index contributed by atoms with van der Waals surface area (Å²) in [6.45, 7) is 3.99. The van der Waals surface area contributed by atoms with Gasteiger partial charge in [0.25, 0.3) is 0 Å². The van der Waals surface area contributed by atoms with Gasteiger partial charge >= 0.3 is 5.97 Å². The van der Waals surface area contributed by atoms with Crippen molar-refractivity contribution >= 4 is 35.0 Å². The summed E-state index contributed by atoms with van der Waals surface area (Å²) in [5, 5.41) is 6.08. The molecule has 0 fully saturated rings. The van der Waals surface area contributed by atoms with Crippen molar-refractivity contribution in [3.8, 4) is 0 Å². The molecule has 1 atom stereocenters. The van der Waals surface area contributed by atoms with Gasteiger partial charge in [0, 0.05) is 11.8 Å². The van der Waals surface area contributed by atoms with Crippen molar-refractivity contribution in [3.63, 3.8) is 0 Å². The molecule has 6 nitrogen and oxygen atoms in total. The molecule has 0 saturated carbocycles. The van der Waals surface area contributed by atoms with Gasteiger partial charge in [0.15, 0.2) is 0 Å². The van der Waals surface area contributed by atoms with Crippen LogP contribution < -0.4 is 10.6 Å². The molecule has 2 rings (SSSR count). The maximum atomic E-state index is 13.3. The number of hydrogen-bond acceptors (Lipinski definition) is 6. The molecular weight excluding hydrogens is 347 g/mol. The number of benzene rings is 1. The SMILES string of the molecule is COC(=O)[C@@H](CC(C)C)Nc1nc(Cl)cc(Nc2cccc(F)c2)n1. The first-order valence-corrected chi connectivity index (χ1v) is 8.16. The van der Waals surface area contributed by atoms with Crippen molar-refractivity contribution < 1.29 is 13.9 Å². The maximum Gasteiger partial charge on any atom is 0.328 e. The van der Waals surface area contributed by atoms with Gasteiger partial charge in [0.2, 0.25) is 5.95 Å². The van der Waals surface area contributed by atoms with Crippen LogP contribution in [0, 0.1) is 11.7 Å². The van der Waals surface area contributed by atoms with E-state index in [4.69, 9.17) is 16.3 Å². The average molecular weight is 367 g/mol. The van der Waals surface area contributed by atoms with Gasteiger partial charge < -0.3 is 15.4 Å². The van der Waals surface area contributed by atoms with Crippen molar-refractivity contribution in [1.29, 1.82) is 0 Å². The summed E-state index contributed by atoms with van der Waals surface area (Å²) < 4.78 is 18.1. The first-order valence-electron chi connectivity index (χ1n) is 7.79. The van der Waals surface area contributed by atoms with Crippen LogP contribution in [0.4, 0.5) is 21.8 Å². The molecule has 0 amide bonds. The van der Waals surface area contributed by atoms with Gasteiger partial charge in [-0.2, -0.15) is 4.98 Å². The van der Waals surface area contributed by atoms with Gasteiger partial charge in [0.05, 0.1) is 7.11 Å². The molecule has 1 aromatic carbocycles. The first-order chi connectivity index (χ1) is 11.9. The Balaban J connectivity index is 2.20. The minimum atomic E-state index is -0.592. The third kappa shape index (κ3) is 5.86. The number of rotatable bonds is 7. The zero-order valence-corrected chi connectivity index (χ0v) is 15.0. The zero-order chi connectivity index (χ0) is 18.4. The van der Waals surface area contributed by atoms with Gasteiger partial charge in [0.1, 0.15) is 22.8 Å². The van der Waals surface area contributed by atoms with Gasteiger partial charge in [-0.1, -0.05) is 31.5 Å². The van der Waals surface area contributed by atoms with Crippen LogP contribution in [0.5, 0.6) is 0 Å². The maximum absolute atomic E-state index is 13.3. The monoisotopic (exact) mass is 366 g/mol. The fourth-order valence-corrected chi connectivity index (χ4v) is 2.43. The topological polar surface area (TPSA) is 76.1 Å². The largest absolute Gasteiger partial charge is 0.467 e. The molecule has 25 heavy (non-hydrogen) atoms. The van der Waals surface area contributed by atoms with E-state index < -0.39 is 12.0 Å². The van der Waals surface area contributed by atoms with Crippen LogP contribution in [-0.4, -0.2) is 29.1 Å². The highest BCUT2D eigenvalue weighted by Gasteiger charge is 2.21. The van der Waals surface area contributed by atoms with Crippen LogP contribution in [0.2, 0.25) is 5.15 Å². The van der Waals surface area contributed by atoms with Crippen LogP contribution >= 0.6 is 11.6 Å². The van der Waals surface area contributed by atoms with E-state index in [0.29, 0.717) is 17.9 Å². The molecule has 1 heterocycles. The minimum absolute atomic E-state index is 0.183. The normalized spacial score (nSPS) is 11.9. The lowest BCUT2D eigenvalue weighted by Crippen LogP contribution is -2.32. The molecule has 2 N–H and O–H groups in total. The number of hydrogen-bond donors (Lipinski definition) is 2. The number of esters is 1. The molecule has 8 heteroatoms. The van der Waals surface area contributed by atoms with Crippen LogP contribution in [0.25, 0.3) is 0 Å². The highest BCUT2D eigenvalue weighted by molar-refractivity contribution is 6.29. The third-order valence-corrected chi connectivity index (χ3v) is 3.48. The van der Waals surface area contributed by atoms with E-state index >= 15 is 0 Å². The van der Waals surface area contributed by atoms with E-state index in [-0.39, 0.29) is 22.8 Å². The smallest absolute Gasteiger partial charge is 0.328 e. The number of halogens is 2. The molecule has 134 valence electrons. The van der Waals surface area contributed by atoms with Crippen molar-refractivity contribution in [2.24, 2.45) is 5.92 Å². The highest BCUT2D eigenvalue weighted by Crippen LogP contribution is 2.21. The molecule has 0 aliphatic heterocycles. The predicted molar refractivity (Wildman–Crippen MR) is 95.6 cm³/mol. The molecule has 0 spiro atoms. The van der Waals surface area contributed by atoms with Gasteiger partial charge in [-0.3, -0.25) is 0 Å². The molecule has 0 saturated heterocycles. The zero-order valence-electron chi connectivity index (χ0n) is 14.2. The Morgan fingerprint density at radius 3 is 2.72 bits per heavy atom. The van der Waals surface area contributed by atoms with Crippen molar-refractivity contribution in [1.82, 2.24) is 9.97 Å². The summed E-state index contributed by atoms with van der Waals surface area (Å²) >= 11 is 6.03. The average Bonchev–Trinajstić information content (AvgIpc) is 2.52. The lowest BCUT2D eigenvalue weighted by Gasteiger charge is -2.18. The number of ether oxygens (including phenoxy) is 1. The Kier molecular flexibility index (Phi) is 6.52. The lowest BCUT2D eigenvalue weighted by molar-refractivity contribution is -0.141. The van der Waals surface area contributed by atoms with E-state index in [1.54, 1.807) is 12.1 Å². The molecule has 2 aromatic rings. The summed E-state index contributed by atoms with van der Waals surface area (Å²) in [7, 11) is 1.33. The molecule has 0 unspecified atom stereocenters. The molecular formula is C17H20ClFN4O2. The number of nitrogens with zero attached hydrogens (tertiary/aromatic N) is 2. The van der Waals surface area contributed by atoms with Gasteiger partial charge in [-0.05, 0) is 30.5 Å². The van der Waals surface area contributed by atoms with Gasteiger partial charge in [-0.25, -0.2) is 14.2 Å². The standard InChI is InChI=1S/C17H20ClFN4O2/c1-10(2)7-13(16(24)25-3)21-17-22-14(18)9-15(23-17)20-12-6-4-5-11(19)8-12/h4-6,8-10,13H,7H2,1-3H3,(H2,20,21,22,23)/t13-/m1/s1. The second kappa shape index (κ2) is 8.62. The predicted octanol–water partition coefficient (Wildman–Crippen LogP) is 4.01. The lowest BCUT2D eigenvalue weighted by atomic mass is 10.0. The van der Waals surface area contributed by atoms with Crippen LogP contribution in [0.1, 0.15) is 20.3 Å². The number of methoxy groups -OCH3 is 1. The number of carbonyl (C=O) groups excluding carboxylic acids is 1. The van der Waals surface area contributed by atoms with E-state index in [9.17, 15) is 9.18 Å². The van der Waals surface area contributed by atoms with E-state index in [0.717, 1.165) is 0 Å². The van der Waals surface area contributed by atoms with Crippen molar-refractivity contribution in [3.05, 3.63) is 41.3 Å². The number of carbonyl (C=O) groups is 1.